The maximum Gasteiger partial charge on any atom is 0.248 e. The first kappa shape index (κ1) is 21.7. The molecule has 1 heterocycles. The van der Waals surface area contributed by atoms with E-state index in [1.54, 1.807) is 39.1 Å². The van der Waals surface area contributed by atoms with Crippen LogP contribution in [-0.4, -0.2) is 55.8 Å². The van der Waals surface area contributed by atoms with E-state index in [0.29, 0.717) is 31.2 Å². The standard InChI is InChI=1S/C16H24N4O3S.HI/c1-16(2)11-20(7-8-24(16,22)23)15(18-3)19-10-12-5-4-6-13(9-12)14(17)21;/h4-6,9H,7-8,10-11H2,1-3H3,(H2,17,21)(H,18,19);1H. The van der Waals surface area contributed by atoms with Gasteiger partial charge in [0.1, 0.15) is 0 Å². The zero-order chi connectivity index (χ0) is 18.0. The molecular formula is C16H25IN4O3S. The van der Waals surface area contributed by atoms with E-state index in [0.717, 1.165) is 5.56 Å². The molecule has 1 aliphatic heterocycles. The van der Waals surface area contributed by atoms with Gasteiger partial charge in [-0.05, 0) is 31.5 Å². The quantitative estimate of drug-likeness (QED) is 0.382. The first-order valence-corrected chi connectivity index (χ1v) is 9.38. The number of benzene rings is 1. The number of hydrogen-bond acceptors (Lipinski definition) is 4. The Morgan fingerprint density at radius 3 is 2.64 bits per heavy atom. The predicted octanol–water partition coefficient (Wildman–Crippen LogP) is 0.988. The van der Waals surface area contributed by atoms with Crippen molar-refractivity contribution >= 4 is 45.7 Å². The Labute approximate surface area is 166 Å². The van der Waals surface area contributed by atoms with Gasteiger partial charge in [-0.3, -0.25) is 9.79 Å². The van der Waals surface area contributed by atoms with Gasteiger partial charge in [-0.2, -0.15) is 0 Å². The van der Waals surface area contributed by atoms with Crippen LogP contribution in [0.2, 0.25) is 0 Å². The normalized spacial score (nSPS) is 19.0. The molecule has 0 atom stereocenters. The van der Waals surface area contributed by atoms with Crippen molar-refractivity contribution in [1.82, 2.24) is 10.2 Å². The Morgan fingerprint density at radius 1 is 1.40 bits per heavy atom. The van der Waals surface area contributed by atoms with Crippen molar-refractivity contribution in [2.75, 3.05) is 25.9 Å². The van der Waals surface area contributed by atoms with Gasteiger partial charge in [-0.1, -0.05) is 12.1 Å². The number of halogens is 1. The molecule has 9 heteroatoms. The second-order valence-electron chi connectivity index (χ2n) is 6.47. The molecule has 0 radical (unpaired) electrons. The number of amides is 1. The summed E-state index contributed by atoms with van der Waals surface area (Å²) >= 11 is 0. The van der Waals surface area contributed by atoms with Gasteiger partial charge in [0.05, 0.1) is 10.5 Å². The average molecular weight is 480 g/mol. The Morgan fingerprint density at radius 2 is 2.08 bits per heavy atom. The molecule has 140 valence electrons. The number of aliphatic imine (C=N–C) groups is 1. The van der Waals surface area contributed by atoms with E-state index >= 15 is 0 Å². The zero-order valence-corrected chi connectivity index (χ0v) is 17.8. The maximum atomic E-state index is 12.1. The number of hydrogen-bond donors (Lipinski definition) is 2. The number of nitrogens with one attached hydrogen (secondary N) is 1. The molecule has 1 aromatic rings. The molecule has 2 rings (SSSR count). The zero-order valence-electron chi connectivity index (χ0n) is 14.7. The first-order valence-electron chi connectivity index (χ1n) is 7.73. The Bertz CT molecular complexity index is 762. The SMILES string of the molecule is CN=C(NCc1cccc(C(N)=O)c1)N1CCS(=O)(=O)C(C)(C)C1.I. The lowest BCUT2D eigenvalue weighted by atomic mass is 10.1. The van der Waals surface area contributed by atoms with E-state index in [9.17, 15) is 13.2 Å². The van der Waals surface area contributed by atoms with Crippen LogP contribution in [0, 0.1) is 0 Å². The number of guanidine groups is 1. The second kappa shape index (κ2) is 8.35. The minimum Gasteiger partial charge on any atom is -0.366 e. The predicted molar refractivity (Wildman–Crippen MR) is 110 cm³/mol. The van der Waals surface area contributed by atoms with Crippen LogP contribution in [0.3, 0.4) is 0 Å². The summed E-state index contributed by atoms with van der Waals surface area (Å²) in [5, 5.41) is 3.22. The van der Waals surface area contributed by atoms with Gasteiger partial charge in [-0.25, -0.2) is 8.42 Å². The summed E-state index contributed by atoms with van der Waals surface area (Å²) in [7, 11) is -1.43. The molecule has 1 aromatic carbocycles. The van der Waals surface area contributed by atoms with Gasteiger partial charge >= 0.3 is 0 Å². The van der Waals surface area contributed by atoms with Crippen molar-refractivity contribution in [2.45, 2.75) is 25.1 Å². The van der Waals surface area contributed by atoms with Gasteiger partial charge in [0.15, 0.2) is 15.8 Å². The molecular weight excluding hydrogens is 455 g/mol. The van der Waals surface area contributed by atoms with Gasteiger partial charge < -0.3 is 16.0 Å². The molecule has 0 spiro atoms. The van der Waals surface area contributed by atoms with Gasteiger partial charge in [0, 0.05) is 32.2 Å². The summed E-state index contributed by atoms with van der Waals surface area (Å²) in [6.07, 6.45) is 0. The van der Waals surface area contributed by atoms with Gasteiger partial charge in [0.25, 0.3) is 0 Å². The fourth-order valence-electron chi connectivity index (χ4n) is 2.67. The number of nitrogens with two attached hydrogens (primary N) is 1. The molecule has 1 aliphatic rings. The summed E-state index contributed by atoms with van der Waals surface area (Å²) in [6.45, 7) is 4.73. The van der Waals surface area contributed by atoms with Crippen molar-refractivity contribution < 1.29 is 13.2 Å². The van der Waals surface area contributed by atoms with Crippen LogP contribution in [0.5, 0.6) is 0 Å². The van der Waals surface area contributed by atoms with Crippen molar-refractivity contribution in [1.29, 1.82) is 0 Å². The fraction of sp³-hybridized carbons (Fsp3) is 0.500. The highest BCUT2D eigenvalue weighted by Crippen LogP contribution is 2.23. The van der Waals surface area contributed by atoms with E-state index in [1.165, 1.54) is 0 Å². The molecule has 1 fully saturated rings. The Balaban J connectivity index is 0.00000312. The lowest BCUT2D eigenvalue weighted by Gasteiger charge is -2.39. The summed E-state index contributed by atoms with van der Waals surface area (Å²) in [5.74, 6) is 0.282. The fourth-order valence-corrected chi connectivity index (χ4v) is 4.04. The van der Waals surface area contributed by atoms with Crippen molar-refractivity contribution in [3.05, 3.63) is 35.4 Å². The van der Waals surface area contributed by atoms with Crippen LogP contribution in [-0.2, 0) is 16.4 Å². The monoisotopic (exact) mass is 480 g/mol. The smallest absolute Gasteiger partial charge is 0.248 e. The lowest BCUT2D eigenvalue weighted by molar-refractivity contribution is 0.1000. The van der Waals surface area contributed by atoms with Crippen LogP contribution in [0.25, 0.3) is 0 Å². The summed E-state index contributed by atoms with van der Waals surface area (Å²) < 4.78 is 23.4. The van der Waals surface area contributed by atoms with Crippen molar-refractivity contribution in [2.24, 2.45) is 10.7 Å². The largest absolute Gasteiger partial charge is 0.366 e. The van der Waals surface area contributed by atoms with Crippen molar-refractivity contribution in [3.63, 3.8) is 0 Å². The highest BCUT2D eigenvalue weighted by atomic mass is 127. The Hall–Kier alpha value is -1.36. The topological polar surface area (TPSA) is 105 Å². The van der Waals surface area contributed by atoms with Crippen molar-refractivity contribution in [3.8, 4) is 0 Å². The second-order valence-corrected chi connectivity index (χ2v) is 9.21. The molecule has 1 saturated heterocycles. The molecule has 7 nitrogen and oxygen atoms in total. The van der Waals surface area contributed by atoms with Crippen LogP contribution in [0.4, 0.5) is 0 Å². The third-order valence-corrected chi connectivity index (χ3v) is 6.75. The Kier molecular flexibility index (Phi) is 7.24. The van der Waals surface area contributed by atoms with Crippen LogP contribution in [0.1, 0.15) is 29.8 Å². The number of nitrogens with zero attached hydrogens (tertiary/aromatic N) is 2. The maximum absolute atomic E-state index is 12.1. The average Bonchev–Trinajstić information content (AvgIpc) is 2.51. The molecule has 1 amide bonds. The first-order chi connectivity index (χ1) is 11.2. The van der Waals surface area contributed by atoms with Gasteiger partial charge in [-0.15, -0.1) is 24.0 Å². The summed E-state index contributed by atoms with van der Waals surface area (Å²) in [5.41, 5.74) is 6.64. The van der Waals surface area contributed by atoms with Crippen LogP contribution < -0.4 is 11.1 Å². The van der Waals surface area contributed by atoms with Crippen LogP contribution >= 0.6 is 24.0 Å². The van der Waals surface area contributed by atoms with E-state index in [2.05, 4.69) is 10.3 Å². The minimum atomic E-state index is -3.09. The number of carbonyl (C=O) groups is 1. The highest BCUT2D eigenvalue weighted by Gasteiger charge is 2.40. The lowest BCUT2D eigenvalue weighted by Crippen LogP contribution is -2.57. The molecule has 25 heavy (non-hydrogen) atoms. The van der Waals surface area contributed by atoms with E-state index in [4.69, 9.17) is 5.73 Å². The number of rotatable bonds is 3. The minimum absolute atomic E-state index is 0. The van der Waals surface area contributed by atoms with E-state index in [-0.39, 0.29) is 29.7 Å². The van der Waals surface area contributed by atoms with Gasteiger partial charge in [0.2, 0.25) is 5.91 Å². The third kappa shape index (κ3) is 5.06. The van der Waals surface area contributed by atoms with Crippen LogP contribution in [0.15, 0.2) is 29.3 Å². The number of carbonyl (C=O) groups excluding carboxylic acids is 1. The molecule has 0 bridgehead atoms. The summed E-state index contributed by atoms with van der Waals surface area (Å²) in [4.78, 5) is 17.4. The van der Waals surface area contributed by atoms with E-state index in [1.807, 2.05) is 11.0 Å². The molecule has 0 saturated carbocycles. The third-order valence-electron chi connectivity index (χ3n) is 4.22. The molecule has 3 N–H and O–H groups in total. The highest BCUT2D eigenvalue weighted by molar-refractivity contribution is 14.0. The number of sulfone groups is 1. The molecule has 0 aliphatic carbocycles. The number of primary amides is 1. The van der Waals surface area contributed by atoms with E-state index < -0.39 is 20.5 Å². The molecule has 0 unspecified atom stereocenters. The summed E-state index contributed by atoms with van der Waals surface area (Å²) in [6, 6.07) is 7.06. The molecule has 0 aromatic heterocycles.